The van der Waals surface area contributed by atoms with E-state index < -0.39 is 12.3 Å². The van der Waals surface area contributed by atoms with E-state index in [1.807, 2.05) is 19.2 Å². The number of benzene rings is 1. The van der Waals surface area contributed by atoms with E-state index in [9.17, 15) is 13.2 Å². The molecule has 1 N–H and O–H groups in total. The Labute approximate surface area is 98.8 Å². The number of nitrogens with one attached hydrogen (secondary N) is 1. The van der Waals surface area contributed by atoms with Gasteiger partial charge in [0.2, 0.25) is 0 Å². The Balaban J connectivity index is 2.47. The summed E-state index contributed by atoms with van der Waals surface area (Å²) in [5, 5.41) is 2.99. The number of halogens is 3. The minimum absolute atomic E-state index is 0.0273. The van der Waals surface area contributed by atoms with Crippen LogP contribution in [0.2, 0.25) is 0 Å². The molecule has 0 bridgehead atoms. The van der Waals surface area contributed by atoms with E-state index in [4.69, 9.17) is 4.74 Å². The molecule has 0 aliphatic rings. The SMILES string of the molecule is CNCc1ccc(COC(C)C(F)(F)F)cc1. The Morgan fingerprint density at radius 2 is 1.71 bits per heavy atom. The topological polar surface area (TPSA) is 21.3 Å². The van der Waals surface area contributed by atoms with Crippen molar-refractivity contribution in [1.82, 2.24) is 5.32 Å². The van der Waals surface area contributed by atoms with Gasteiger partial charge in [0.25, 0.3) is 0 Å². The highest BCUT2D eigenvalue weighted by molar-refractivity contribution is 5.21. The molecule has 0 aromatic heterocycles. The smallest absolute Gasteiger partial charge is 0.364 e. The fourth-order valence-corrected chi connectivity index (χ4v) is 1.27. The van der Waals surface area contributed by atoms with Crippen LogP contribution in [0.15, 0.2) is 24.3 Å². The summed E-state index contributed by atoms with van der Waals surface area (Å²) >= 11 is 0. The molecule has 0 fully saturated rings. The van der Waals surface area contributed by atoms with Crippen molar-refractivity contribution in [1.29, 1.82) is 0 Å². The van der Waals surface area contributed by atoms with Crippen molar-refractivity contribution in [2.75, 3.05) is 7.05 Å². The molecule has 96 valence electrons. The molecule has 0 saturated carbocycles. The summed E-state index contributed by atoms with van der Waals surface area (Å²) in [6.07, 6.45) is -6.04. The molecule has 2 nitrogen and oxygen atoms in total. The third-order valence-corrected chi connectivity index (χ3v) is 2.36. The van der Waals surface area contributed by atoms with Gasteiger partial charge >= 0.3 is 6.18 Å². The van der Waals surface area contributed by atoms with Gasteiger partial charge in [-0.1, -0.05) is 24.3 Å². The van der Waals surface area contributed by atoms with Gasteiger partial charge in [-0.3, -0.25) is 0 Å². The molecule has 1 aromatic rings. The molecule has 5 heteroatoms. The fraction of sp³-hybridized carbons (Fsp3) is 0.500. The third-order valence-electron chi connectivity index (χ3n) is 2.36. The number of alkyl halides is 3. The van der Waals surface area contributed by atoms with Crippen LogP contribution in [-0.2, 0) is 17.9 Å². The van der Waals surface area contributed by atoms with Crippen LogP contribution < -0.4 is 5.32 Å². The van der Waals surface area contributed by atoms with Gasteiger partial charge in [0.15, 0.2) is 6.10 Å². The van der Waals surface area contributed by atoms with Gasteiger partial charge in [0, 0.05) is 6.54 Å². The number of ether oxygens (including phenoxy) is 1. The lowest BCUT2D eigenvalue weighted by molar-refractivity contribution is -0.217. The molecule has 0 spiro atoms. The van der Waals surface area contributed by atoms with E-state index in [-0.39, 0.29) is 6.61 Å². The van der Waals surface area contributed by atoms with Crippen molar-refractivity contribution in [2.24, 2.45) is 0 Å². The molecule has 0 amide bonds. The van der Waals surface area contributed by atoms with Crippen LogP contribution in [0.5, 0.6) is 0 Å². The fourth-order valence-electron chi connectivity index (χ4n) is 1.27. The number of hydrogen-bond donors (Lipinski definition) is 1. The number of hydrogen-bond acceptors (Lipinski definition) is 2. The molecule has 0 heterocycles. The first-order valence-electron chi connectivity index (χ1n) is 5.34. The van der Waals surface area contributed by atoms with Gasteiger partial charge in [0.1, 0.15) is 0 Å². The van der Waals surface area contributed by atoms with Crippen LogP contribution >= 0.6 is 0 Å². The lowest BCUT2D eigenvalue weighted by Gasteiger charge is -2.16. The molecule has 0 aliphatic heterocycles. The number of rotatable bonds is 5. The predicted octanol–water partition coefficient (Wildman–Crippen LogP) is 2.87. The quantitative estimate of drug-likeness (QED) is 0.863. The average molecular weight is 247 g/mol. The summed E-state index contributed by atoms with van der Waals surface area (Å²) in [5.74, 6) is 0. The van der Waals surface area contributed by atoms with Gasteiger partial charge in [-0.15, -0.1) is 0 Å². The highest BCUT2D eigenvalue weighted by atomic mass is 19.4. The third kappa shape index (κ3) is 4.75. The molecule has 0 radical (unpaired) electrons. The van der Waals surface area contributed by atoms with Crippen LogP contribution in [0.25, 0.3) is 0 Å². The van der Waals surface area contributed by atoms with Gasteiger partial charge in [-0.2, -0.15) is 13.2 Å². The lowest BCUT2D eigenvalue weighted by Crippen LogP contribution is -2.28. The maximum atomic E-state index is 12.2. The highest BCUT2D eigenvalue weighted by Gasteiger charge is 2.36. The maximum Gasteiger partial charge on any atom is 0.414 e. The molecule has 1 rings (SSSR count). The van der Waals surface area contributed by atoms with Crippen LogP contribution in [0.4, 0.5) is 13.2 Å². The zero-order valence-electron chi connectivity index (χ0n) is 9.84. The molecule has 17 heavy (non-hydrogen) atoms. The molecule has 1 unspecified atom stereocenters. The zero-order valence-corrected chi connectivity index (χ0v) is 9.84. The second-order valence-corrected chi connectivity index (χ2v) is 3.84. The van der Waals surface area contributed by atoms with Crippen LogP contribution in [-0.4, -0.2) is 19.3 Å². The van der Waals surface area contributed by atoms with E-state index in [0.717, 1.165) is 24.6 Å². The Hall–Kier alpha value is -1.07. The summed E-state index contributed by atoms with van der Waals surface area (Å²) in [5.41, 5.74) is 1.82. The summed E-state index contributed by atoms with van der Waals surface area (Å²) in [7, 11) is 1.84. The first kappa shape index (κ1) is 14.0. The maximum absolute atomic E-state index is 12.2. The largest absolute Gasteiger partial charge is 0.414 e. The van der Waals surface area contributed by atoms with E-state index in [1.54, 1.807) is 12.1 Å². The highest BCUT2D eigenvalue weighted by Crippen LogP contribution is 2.23. The van der Waals surface area contributed by atoms with Crippen molar-refractivity contribution in [3.63, 3.8) is 0 Å². The standard InChI is InChI=1S/C12H16F3NO/c1-9(12(13,14)15)17-8-11-5-3-10(4-6-11)7-16-2/h3-6,9,16H,7-8H2,1-2H3. The average Bonchev–Trinajstić information content (AvgIpc) is 2.27. The summed E-state index contributed by atoms with van der Waals surface area (Å²) < 4.78 is 41.3. The normalized spacial score (nSPS) is 13.7. The van der Waals surface area contributed by atoms with Crippen molar-refractivity contribution < 1.29 is 17.9 Å². The summed E-state index contributed by atoms with van der Waals surface area (Å²) in [6, 6.07) is 7.28. The van der Waals surface area contributed by atoms with Crippen molar-refractivity contribution in [3.8, 4) is 0 Å². The zero-order chi connectivity index (χ0) is 12.9. The van der Waals surface area contributed by atoms with E-state index in [0.29, 0.717) is 0 Å². The van der Waals surface area contributed by atoms with E-state index in [1.165, 1.54) is 0 Å². The molecule has 1 atom stereocenters. The van der Waals surface area contributed by atoms with Crippen molar-refractivity contribution in [2.45, 2.75) is 32.4 Å². The lowest BCUT2D eigenvalue weighted by atomic mass is 10.1. The van der Waals surface area contributed by atoms with E-state index in [2.05, 4.69) is 5.32 Å². The Kier molecular flexibility index (Phi) is 4.96. The first-order valence-corrected chi connectivity index (χ1v) is 5.34. The van der Waals surface area contributed by atoms with Gasteiger partial charge in [-0.05, 0) is 25.1 Å². The van der Waals surface area contributed by atoms with E-state index >= 15 is 0 Å². The molecular weight excluding hydrogens is 231 g/mol. The minimum atomic E-state index is -4.30. The first-order chi connectivity index (χ1) is 7.93. The predicted molar refractivity (Wildman–Crippen MR) is 59.5 cm³/mol. The van der Waals surface area contributed by atoms with Crippen LogP contribution in [0, 0.1) is 0 Å². The summed E-state index contributed by atoms with van der Waals surface area (Å²) in [4.78, 5) is 0. The van der Waals surface area contributed by atoms with Crippen LogP contribution in [0.3, 0.4) is 0 Å². The molecule has 0 aliphatic carbocycles. The van der Waals surface area contributed by atoms with Crippen LogP contribution in [0.1, 0.15) is 18.1 Å². The second-order valence-electron chi connectivity index (χ2n) is 3.84. The summed E-state index contributed by atoms with van der Waals surface area (Å²) in [6.45, 7) is 1.72. The minimum Gasteiger partial charge on any atom is -0.364 e. The Morgan fingerprint density at radius 3 is 2.18 bits per heavy atom. The monoisotopic (exact) mass is 247 g/mol. The Morgan fingerprint density at radius 1 is 1.18 bits per heavy atom. The second kappa shape index (κ2) is 6.02. The molecule has 1 aromatic carbocycles. The molecule has 0 saturated heterocycles. The van der Waals surface area contributed by atoms with Gasteiger partial charge < -0.3 is 10.1 Å². The van der Waals surface area contributed by atoms with Crippen molar-refractivity contribution in [3.05, 3.63) is 35.4 Å². The van der Waals surface area contributed by atoms with Gasteiger partial charge in [0.05, 0.1) is 6.61 Å². The Bertz CT molecular complexity index is 335. The van der Waals surface area contributed by atoms with Crippen molar-refractivity contribution >= 4 is 0 Å². The molecular formula is C12H16F3NO. The van der Waals surface area contributed by atoms with Gasteiger partial charge in [-0.25, -0.2) is 0 Å².